The molecule has 1 saturated heterocycles. The standard InChI is InChI=1S/C24H24N2O3/c1-16-6-7-20-18(12-16)19(14-25-20)22(28)15-26-10-8-24(9-11-26)13-21(27)17-4-2-3-5-23(17)29-24/h2-7,12,14,25H,8-11,13,15H2,1H3. The molecule has 2 aliphatic rings. The molecule has 1 fully saturated rings. The molecule has 148 valence electrons. The van der Waals surface area contributed by atoms with Crippen molar-refractivity contribution in [2.24, 2.45) is 0 Å². The van der Waals surface area contributed by atoms with E-state index in [1.165, 1.54) is 0 Å². The number of aryl methyl sites for hydroxylation is 1. The molecule has 5 nitrogen and oxygen atoms in total. The fourth-order valence-electron chi connectivity index (χ4n) is 4.59. The van der Waals surface area contributed by atoms with Crippen LogP contribution in [0.25, 0.3) is 10.9 Å². The van der Waals surface area contributed by atoms with E-state index in [4.69, 9.17) is 4.74 Å². The number of hydrogen-bond donors (Lipinski definition) is 1. The number of nitrogens with one attached hydrogen (secondary N) is 1. The lowest BCUT2D eigenvalue weighted by atomic mass is 9.82. The second-order valence-corrected chi connectivity index (χ2v) is 8.33. The van der Waals surface area contributed by atoms with Crippen molar-refractivity contribution in [2.45, 2.75) is 31.8 Å². The van der Waals surface area contributed by atoms with Crippen molar-refractivity contribution in [3.8, 4) is 5.75 Å². The smallest absolute Gasteiger partial charge is 0.178 e. The molecule has 2 aliphatic heterocycles. The lowest BCUT2D eigenvalue weighted by Crippen LogP contribution is -2.51. The van der Waals surface area contributed by atoms with E-state index in [-0.39, 0.29) is 11.6 Å². The molecule has 1 spiro atoms. The Bertz CT molecular complexity index is 1110. The highest BCUT2D eigenvalue weighted by molar-refractivity contribution is 6.09. The van der Waals surface area contributed by atoms with Gasteiger partial charge in [0.15, 0.2) is 11.6 Å². The first-order valence-electron chi connectivity index (χ1n) is 10.2. The van der Waals surface area contributed by atoms with E-state index in [2.05, 4.69) is 16.0 Å². The fraction of sp³-hybridized carbons (Fsp3) is 0.333. The van der Waals surface area contributed by atoms with E-state index in [0.29, 0.717) is 24.3 Å². The summed E-state index contributed by atoms with van der Waals surface area (Å²) in [7, 11) is 0. The number of ketones is 2. The minimum atomic E-state index is -0.428. The van der Waals surface area contributed by atoms with Crippen molar-refractivity contribution in [3.63, 3.8) is 0 Å². The van der Waals surface area contributed by atoms with Crippen LogP contribution in [0.2, 0.25) is 0 Å². The first kappa shape index (κ1) is 18.1. The molecule has 0 saturated carbocycles. The molecule has 0 bridgehead atoms. The van der Waals surface area contributed by atoms with Gasteiger partial charge >= 0.3 is 0 Å². The molecule has 3 heterocycles. The highest BCUT2D eigenvalue weighted by Crippen LogP contribution is 2.39. The molecule has 29 heavy (non-hydrogen) atoms. The number of nitrogens with zero attached hydrogens (tertiary/aromatic N) is 1. The number of Topliss-reactive ketones (excluding diaryl/α,β-unsaturated/α-hetero) is 2. The third-order valence-electron chi connectivity index (χ3n) is 6.27. The van der Waals surface area contributed by atoms with Crippen molar-refractivity contribution in [3.05, 3.63) is 65.4 Å². The van der Waals surface area contributed by atoms with Crippen LogP contribution in [0.15, 0.2) is 48.7 Å². The number of para-hydroxylation sites is 1. The monoisotopic (exact) mass is 388 g/mol. The number of aromatic amines is 1. The maximum Gasteiger partial charge on any atom is 0.178 e. The summed E-state index contributed by atoms with van der Waals surface area (Å²) in [6.07, 6.45) is 3.76. The van der Waals surface area contributed by atoms with Gasteiger partial charge in [-0.2, -0.15) is 0 Å². The highest BCUT2D eigenvalue weighted by atomic mass is 16.5. The third-order valence-corrected chi connectivity index (χ3v) is 6.27. The molecule has 1 N–H and O–H groups in total. The Morgan fingerprint density at radius 2 is 1.97 bits per heavy atom. The molecule has 1 aromatic heterocycles. The maximum atomic E-state index is 12.9. The lowest BCUT2D eigenvalue weighted by Gasteiger charge is -2.43. The number of hydrogen-bond acceptors (Lipinski definition) is 4. The average molecular weight is 388 g/mol. The van der Waals surface area contributed by atoms with Gasteiger partial charge in [0.1, 0.15) is 11.4 Å². The Labute approximate surface area is 169 Å². The van der Waals surface area contributed by atoms with Crippen LogP contribution < -0.4 is 4.74 Å². The van der Waals surface area contributed by atoms with E-state index in [1.54, 1.807) is 0 Å². The molecule has 2 aromatic carbocycles. The number of H-pyrrole nitrogens is 1. The van der Waals surface area contributed by atoms with Crippen molar-refractivity contribution in [1.29, 1.82) is 0 Å². The first-order valence-corrected chi connectivity index (χ1v) is 10.2. The Kier molecular flexibility index (Phi) is 4.28. The van der Waals surface area contributed by atoms with Crippen molar-refractivity contribution >= 4 is 22.5 Å². The van der Waals surface area contributed by atoms with Gasteiger partial charge in [-0.3, -0.25) is 14.5 Å². The largest absolute Gasteiger partial charge is 0.486 e. The van der Waals surface area contributed by atoms with Crippen LogP contribution in [0.4, 0.5) is 0 Å². The minimum Gasteiger partial charge on any atom is -0.486 e. The van der Waals surface area contributed by atoms with E-state index in [0.717, 1.165) is 48.0 Å². The lowest BCUT2D eigenvalue weighted by molar-refractivity contribution is -0.00800. The number of carbonyl (C=O) groups excluding carboxylic acids is 2. The average Bonchev–Trinajstić information content (AvgIpc) is 3.13. The van der Waals surface area contributed by atoms with Crippen LogP contribution in [-0.2, 0) is 0 Å². The van der Waals surface area contributed by atoms with E-state index in [9.17, 15) is 9.59 Å². The van der Waals surface area contributed by atoms with Gasteiger partial charge in [-0.05, 0) is 31.2 Å². The summed E-state index contributed by atoms with van der Waals surface area (Å²) in [6, 6.07) is 13.6. The molecule has 5 rings (SSSR count). The summed E-state index contributed by atoms with van der Waals surface area (Å²) in [5, 5.41) is 0.987. The van der Waals surface area contributed by atoms with Crippen LogP contribution in [-0.4, -0.2) is 46.7 Å². The summed E-state index contributed by atoms with van der Waals surface area (Å²) in [6.45, 7) is 3.93. The van der Waals surface area contributed by atoms with Gasteiger partial charge in [0.25, 0.3) is 0 Å². The van der Waals surface area contributed by atoms with Gasteiger partial charge in [-0.15, -0.1) is 0 Å². The summed E-state index contributed by atoms with van der Waals surface area (Å²) in [5.41, 5.74) is 3.14. The number of fused-ring (bicyclic) bond motifs is 2. The van der Waals surface area contributed by atoms with E-state index in [1.807, 2.05) is 49.5 Å². The second kappa shape index (κ2) is 6.85. The SMILES string of the molecule is Cc1ccc2[nH]cc(C(=O)CN3CCC4(CC3)CC(=O)c3ccccc3O4)c2c1. The van der Waals surface area contributed by atoms with Gasteiger partial charge < -0.3 is 9.72 Å². The Balaban J connectivity index is 1.27. The Hall–Kier alpha value is -2.92. The van der Waals surface area contributed by atoms with Crippen molar-refractivity contribution in [2.75, 3.05) is 19.6 Å². The van der Waals surface area contributed by atoms with Crippen molar-refractivity contribution in [1.82, 2.24) is 9.88 Å². The quantitative estimate of drug-likeness (QED) is 0.685. The van der Waals surface area contributed by atoms with E-state index >= 15 is 0 Å². The van der Waals surface area contributed by atoms with Crippen LogP contribution in [0.3, 0.4) is 0 Å². The summed E-state index contributed by atoms with van der Waals surface area (Å²) in [5.74, 6) is 0.983. The Morgan fingerprint density at radius 1 is 1.17 bits per heavy atom. The summed E-state index contributed by atoms with van der Waals surface area (Å²) in [4.78, 5) is 30.9. The fourth-order valence-corrected chi connectivity index (χ4v) is 4.59. The van der Waals surface area contributed by atoms with Crippen LogP contribution >= 0.6 is 0 Å². The van der Waals surface area contributed by atoms with Crippen LogP contribution in [0, 0.1) is 6.92 Å². The second-order valence-electron chi connectivity index (χ2n) is 8.33. The van der Waals surface area contributed by atoms with Crippen LogP contribution in [0.1, 0.15) is 45.5 Å². The molecule has 0 amide bonds. The normalized spacial score (nSPS) is 18.6. The van der Waals surface area contributed by atoms with Crippen molar-refractivity contribution < 1.29 is 14.3 Å². The molecule has 0 unspecified atom stereocenters. The van der Waals surface area contributed by atoms with E-state index < -0.39 is 5.60 Å². The Morgan fingerprint density at radius 3 is 2.79 bits per heavy atom. The van der Waals surface area contributed by atoms with Gasteiger partial charge in [0.05, 0.1) is 18.5 Å². The number of rotatable bonds is 3. The molecule has 0 aliphatic carbocycles. The predicted octanol–water partition coefficient (Wildman–Crippen LogP) is 4.16. The zero-order valence-electron chi connectivity index (χ0n) is 16.5. The molecule has 0 radical (unpaired) electrons. The number of piperidine rings is 1. The zero-order chi connectivity index (χ0) is 20.0. The predicted molar refractivity (Wildman–Crippen MR) is 112 cm³/mol. The highest BCUT2D eigenvalue weighted by Gasteiger charge is 2.43. The van der Waals surface area contributed by atoms with Gasteiger partial charge in [0.2, 0.25) is 0 Å². The van der Waals surface area contributed by atoms with Gasteiger partial charge in [-0.25, -0.2) is 0 Å². The van der Waals surface area contributed by atoms with Gasteiger partial charge in [0, 0.05) is 48.6 Å². The number of benzene rings is 2. The molecule has 3 aromatic rings. The molecule has 5 heteroatoms. The molecular formula is C24H24N2O3. The molecule has 0 atom stereocenters. The number of carbonyl (C=O) groups is 2. The first-order chi connectivity index (χ1) is 14.0. The maximum absolute atomic E-state index is 12.9. The number of aromatic nitrogens is 1. The number of likely N-dealkylation sites (tertiary alicyclic amines) is 1. The molecular weight excluding hydrogens is 364 g/mol. The minimum absolute atomic E-state index is 0.129. The summed E-state index contributed by atoms with van der Waals surface area (Å²) < 4.78 is 6.29. The van der Waals surface area contributed by atoms with Gasteiger partial charge in [-0.1, -0.05) is 23.8 Å². The van der Waals surface area contributed by atoms with Crippen LogP contribution in [0.5, 0.6) is 5.75 Å². The number of ether oxygens (including phenoxy) is 1. The third kappa shape index (κ3) is 3.25. The zero-order valence-corrected chi connectivity index (χ0v) is 16.5. The topological polar surface area (TPSA) is 62.4 Å². The summed E-state index contributed by atoms with van der Waals surface area (Å²) >= 11 is 0.